The summed E-state index contributed by atoms with van der Waals surface area (Å²) in [6.45, 7) is 3.01. The first kappa shape index (κ1) is 13.2. The average Bonchev–Trinajstić information content (AvgIpc) is 2.30. The fraction of sp³-hybridized carbons (Fsp3) is 0.571. The summed E-state index contributed by atoms with van der Waals surface area (Å²) in [6, 6.07) is 11.0. The van der Waals surface area contributed by atoms with Crippen LogP contribution in [-0.2, 0) is 6.42 Å². The molecule has 0 aliphatic carbocycles. The van der Waals surface area contributed by atoms with Crippen LogP contribution in [0, 0.1) is 0 Å². The summed E-state index contributed by atoms with van der Waals surface area (Å²) in [5.41, 5.74) is 1.37. The van der Waals surface area contributed by atoms with Gasteiger partial charge in [-0.1, -0.05) is 30.3 Å². The Balaban J connectivity index is 2.09. The van der Waals surface area contributed by atoms with Gasteiger partial charge < -0.3 is 5.32 Å². The van der Waals surface area contributed by atoms with E-state index in [4.69, 9.17) is 0 Å². The monoisotopic (exact) mass is 223 g/mol. The first-order valence-corrected chi connectivity index (χ1v) is 6.16. The van der Waals surface area contributed by atoms with Gasteiger partial charge in [-0.2, -0.15) is 0 Å². The van der Waals surface area contributed by atoms with Crippen LogP contribution >= 0.6 is 0 Å². The molecule has 0 bridgehead atoms. The highest BCUT2D eigenvalue weighted by atomic mass is 19.1. The van der Waals surface area contributed by atoms with Crippen molar-refractivity contribution in [1.82, 2.24) is 5.32 Å². The zero-order valence-corrected chi connectivity index (χ0v) is 10.1. The molecule has 0 fully saturated rings. The molecule has 1 rings (SSSR count). The largest absolute Gasteiger partial charge is 0.314 e. The summed E-state index contributed by atoms with van der Waals surface area (Å²) < 4.78 is 11.8. The summed E-state index contributed by atoms with van der Waals surface area (Å²) in [6.07, 6.45) is 3.82. The van der Waals surface area contributed by atoms with E-state index in [9.17, 15) is 4.39 Å². The van der Waals surface area contributed by atoms with E-state index >= 15 is 0 Å². The van der Waals surface area contributed by atoms with E-state index in [0.29, 0.717) is 12.5 Å². The molecule has 0 saturated heterocycles. The van der Waals surface area contributed by atoms with Gasteiger partial charge in [0.15, 0.2) is 0 Å². The molecule has 1 atom stereocenters. The molecule has 2 heteroatoms. The minimum absolute atomic E-state index is 0.181. The topological polar surface area (TPSA) is 12.0 Å². The van der Waals surface area contributed by atoms with Crippen LogP contribution in [0.25, 0.3) is 0 Å². The molecule has 0 heterocycles. The predicted molar refractivity (Wildman–Crippen MR) is 67.4 cm³/mol. The van der Waals surface area contributed by atoms with Crippen LogP contribution in [0.15, 0.2) is 30.3 Å². The van der Waals surface area contributed by atoms with Crippen molar-refractivity contribution in [3.8, 4) is 0 Å². The lowest BCUT2D eigenvalue weighted by Gasteiger charge is -2.13. The molecule has 1 aromatic rings. The number of rotatable bonds is 8. The third-order valence-corrected chi connectivity index (χ3v) is 2.69. The van der Waals surface area contributed by atoms with Gasteiger partial charge in [-0.25, -0.2) is 0 Å². The van der Waals surface area contributed by atoms with Gasteiger partial charge in [0.05, 0.1) is 6.67 Å². The molecular formula is C14H22FN. The molecule has 0 saturated carbocycles. The van der Waals surface area contributed by atoms with Gasteiger partial charge in [-0.3, -0.25) is 4.39 Å². The Hall–Kier alpha value is -0.890. The Morgan fingerprint density at radius 3 is 2.56 bits per heavy atom. The van der Waals surface area contributed by atoms with Crippen LogP contribution < -0.4 is 5.32 Å². The Labute approximate surface area is 98.1 Å². The summed E-state index contributed by atoms with van der Waals surface area (Å²) >= 11 is 0. The summed E-state index contributed by atoms with van der Waals surface area (Å²) in [5, 5.41) is 3.47. The molecule has 0 amide bonds. The maximum atomic E-state index is 11.8. The van der Waals surface area contributed by atoms with E-state index in [1.54, 1.807) is 0 Å². The molecule has 0 aliphatic heterocycles. The fourth-order valence-corrected chi connectivity index (χ4v) is 1.78. The zero-order chi connectivity index (χ0) is 11.6. The molecule has 0 aliphatic rings. The van der Waals surface area contributed by atoms with Crippen LogP contribution in [0.5, 0.6) is 0 Å². The van der Waals surface area contributed by atoms with Crippen LogP contribution in [0.4, 0.5) is 4.39 Å². The van der Waals surface area contributed by atoms with Crippen molar-refractivity contribution in [2.24, 2.45) is 0 Å². The third-order valence-electron chi connectivity index (χ3n) is 2.69. The van der Waals surface area contributed by atoms with Crippen molar-refractivity contribution >= 4 is 0 Å². The van der Waals surface area contributed by atoms with Gasteiger partial charge in [0.2, 0.25) is 0 Å². The van der Waals surface area contributed by atoms with Crippen molar-refractivity contribution in [3.05, 3.63) is 35.9 Å². The molecule has 1 aromatic carbocycles. The van der Waals surface area contributed by atoms with E-state index in [1.807, 2.05) is 6.07 Å². The zero-order valence-electron chi connectivity index (χ0n) is 10.1. The summed E-state index contributed by atoms with van der Waals surface area (Å²) in [4.78, 5) is 0. The molecule has 1 nitrogen and oxygen atoms in total. The van der Waals surface area contributed by atoms with E-state index in [2.05, 4.69) is 36.5 Å². The number of hydrogen-bond donors (Lipinski definition) is 1. The molecule has 16 heavy (non-hydrogen) atoms. The van der Waals surface area contributed by atoms with Crippen LogP contribution in [0.2, 0.25) is 0 Å². The molecule has 90 valence electrons. The molecule has 1 N–H and O–H groups in total. The highest BCUT2D eigenvalue weighted by Gasteiger charge is 2.01. The van der Waals surface area contributed by atoms with Crippen molar-refractivity contribution in [1.29, 1.82) is 0 Å². The van der Waals surface area contributed by atoms with Gasteiger partial charge in [0.25, 0.3) is 0 Å². The number of halogens is 1. The summed E-state index contributed by atoms with van der Waals surface area (Å²) in [7, 11) is 0. The maximum absolute atomic E-state index is 11.8. The molecule has 0 spiro atoms. The quantitative estimate of drug-likeness (QED) is 0.666. The second kappa shape index (κ2) is 8.28. The average molecular weight is 223 g/mol. The van der Waals surface area contributed by atoms with Crippen molar-refractivity contribution in [2.75, 3.05) is 13.2 Å². The van der Waals surface area contributed by atoms with Gasteiger partial charge in [-0.15, -0.1) is 0 Å². The smallest absolute Gasteiger partial charge is 0.0894 e. The Morgan fingerprint density at radius 2 is 1.88 bits per heavy atom. The number of alkyl halides is 1. The van der Waals surface area contributed by atoms with Crippen molar-refractivity contribution < 1.29 is 4.39 Å². The van der Waals surface area contributed by atoms with E-state index in [0.717, 1.165) is 25.8 Å². The number of benzene rings is 1. The van der Waals surface area contributed by atoms with E-state index < -0.39 is 0 Å². The maximum Gasteiger partial charge on any atom is 0.0894 e. The number of nitrogens with one attached hydrogen (secondary N) is 1. The second-order valence-electron chi connectivity index (χ2n) is 4.29. The Morgan fingerprint density at radius 1 is 1.12 bits per heavy atom. The third kappa shape index (κ3) is 5.86. The number of unbranched alkanes of at least 4 members (excludes halogenated alkanes) is 2. The van der Waals surface area contributed by atoms with Gasteiger partial charge in [0.1, 0.15) is 0 Å². The molecule has 0 radical (unpaired) electrons. The predicted octanol–water partition coefficient (Wildman–Crippen LogP) is 3.35. The van der Waals surface area contributed by atoms with E-state index in [-0.39, 0.29) is 6.67 Å². The fourth-order valence-electron chi connectivity index (χ4n) is 1.78. The standard InChI is InChI=1S/C14H22FN/c1-13(16-11-7-3-6-10-15)12-14-8-4-2-5-9-14/h2,4-5,8-9,13,16H,3,6-7,10-12H2,1H3. The summed E-state index contributed by atoms with van der Waals surface area (Å²) in [5.74, 6) is 0. The lowest BCUT2D eigenvalue weighted by Crippen LogP contribution is -2.28. The SMILES string of the molecule is CC(Cc1ccccc1)NCCCCCF. The second-order valence-corrected chi connectivity index (χ2v) is 4.29. The van der Waals surface area contributed by atoms with Gasteiger partial charge in [0, 0.05) is 6.04 Å². The van der Waals surface area contributed by atoms with Gasteiger partial charge in [-0.05, 0) is 44.7 Å². The lowest BCUT2D eigenvalue weighted by molar-refractivity contribution is 0.446. The highest BCUT2D eigenvalue weighted by Crippen LogP contribution is 2.03. The van der Waals surface area contributed by atoms with Crippen LogP contribution in [-0.4, -0.2) is 19.3 Å². The van der Waals surface area contributed by atoms with Crippen LogP contribution in [0.1, 0.15) is 31.7 Å². The Kier molecular flexibility index (Phi) is 6.82. The highest BCUT2D eigenvalue weighted by molar-refractivity contribution is 5.15. The van der Waals surface area contributed by atoms with Crippen molar-refractivity contribution in [2.45, 2.75) is 38.6 Å². The molecule has 1 unspecified atom stereocenters. The number of hydrogen-bond acceptors (Lipinski definition) is 1. The van der Waals surface area contributed by atoms with Gasteiger partial charge >= 0.3 is 0 Å². The lowest BCUT2D eigenvalue weighted by atomic mass is 10.1. The normalized spacial score (nSPS) is 12.6. The molecule has 0 aromatic heterocycles. The first-order valence-electron chi connectivity index (χ1n) is 6.16. The Bertz CT molecular complexity index is 261. The van der Waals surface area contributed by atoms with Crippen molar-refractivity contribution in [3.63, 3.8) is 0 Å². The van der Waals surface area contributed by atoms with E-state index in [1.165, 1.54) is 5.56 Å². The minimum Gasteiger partial charge on any atom is -0.314 e. The first-order chi connectivity index (χ1) is 7.83. The minimum atomic E-state index is -0.181. The van der Waals surface area contributed by atoms with Crippen LogP contribution in [0.3, 0.4) is 0 Å². The molecular weight excluding hydrogens is 201 g/mol.